The summed E-state index contributed by atoms with van der Waals surface area (Å²) in [5.41, 5.74) is 1.12. The van der Waals surface area contributed by atoms with Crippen LogP contribution < -0.4 is 5.32 Å². The highest BCUT2D eigenvalue weighted by atomic mass is 79.9. The summed E-state index contributed by atoms with van der Waals surface area (Å²) in [6.45, 7) is 1.83. The Hall–Kier alpha value is -1.70. The Morgan fingerprint density at radius 2 is 1.96 bits per heavy atom. The Balaban J connectivity index is 2.17. The van der Waals surface area contributed by atoms with Crippen molar-refractivity contribution in [2.75, 3.05) is 18.2 Å². The third kappa shape index (κ3) is 5.65. The molecule has 140 valence electrons. The number of carbonyl (C=O) groups is 1. The Kier molecular flexibility index (Phi) is 7.81. The second kappa shape index (κ2) is 9.85. The predicted molar refractivity (Wildman–Crippen MR) is 108 cm³/mol. The van der Waals surface area contributed by atoms with E-state index in [1.54, 1.807) is 42.1 Å². The molecule has 0 aliphatic heterocycles. The number of phenols is 1. The minimum Gasteiger partial charge on any atom is -0.508 e. The van der Waals surface area contributed by atoms with Crippen molar-refractivity contribution in [3.8, 4) is 5.75 Å². The monoisotopic (exact) mass is 439 g/mol. The lowest BCUT2D eigenvalue weighted by Crippen LogP contribution is -2.22. The fraction of sp³-hybridized carbons (Fsp3) is 0.316. The minimum atomic E-state index is -0.690. The first-order valence-corrected chi connectivity index (χ1v) is 10.2. The Labute approximate surface area is 165 Å². The normalized spacial score (nSPS) is 13.1. The first kappa shape index (κ1) is 20.6. The molecule has 0 heterocycles. The van der Waals surface area contributed by atoms with Crippen molar-refractivity contribution < 1.29 is 19.7 Å². The lowest BCUT2D eigenvalue weighted by atomic mass is 9.94. The van der Waals surface area contributed by atoms with Gasteiger partial charge >= 0.3 is 6.09 Å². The van der Waals surface area contributed by atoms with Gasteiger partial charge in [-0.25, -0.2) is 4.79 Å². The van der Waals surface area contributed by atoms with Crippen LogP contribution in [0.3, 0.4) is 0 Å². The number of carbonyl (C=O) groups excluding carboxylic acids is 1. The predicted octanol–water partition coefficient (Wildman–Crippen LogP) is 5.18. The van der Waals surface area contributed by atoms with E-state index in [0.29, 0.717) is 17.7 Å². The van der Waals surface area contributed by atoms with E-state index in [-0.39, 0.29) is 18.3 Å². The van der Waals surface area contributed by atoms with Crippen LogP contribution in [0.4, 0.5) is 10.5 Å². The lowest BCUT2D eigenvalue weighted by molar-refractivity contribution is 0.0652. The second-order valence-electron chi connectivity index (χ2n) is 5.87. The standard InChI is InChI=1S/C19H22BrNO4S/c1-12(9-10-22)18(16-11-13(20)3-8-17(16)23)25-19(24)21-14-4-6-15(26-2)7-5-14/h3-8,11-12,18,22-23H,9-10H2,1-2H3,(H,21,24)/t12-,18-/m0/s1. The van der Waals surface area contributed by atoms with Crippen molar-refractivity contribution in [1.82, 2.24) is 0 Å². The molecule has 2 aromatic carbocycles. The molecule has 1 amide bonds. The summed E-state index contributed by atoms with van der Waals surface area (Å²) in [7, 11) is 0. The SMILES string of the molecule is CSc1ccc(NC(=O)O[C@H](c2cc(Br)ccc2O)[C@@H](C)CCO)cc1. The van der Waals surface area contributed by atoms with Crippen LogP contribution in [0.15, 0.2) is 51.8 Å². The zero-order valence-electron chi connectivity index (χ0n) is 14.6. The molecule has 0 aromatic heterocycles. The molecule has 0 spiro atoms. The molecule has 2 rings (SSSR count). The molecule has 0 radical (unpaired) electrons. The van der Waals surface area contributed by atoms with Crippen molar-refractivity contribution in [3.05, 3.63) is 52.5 Å². The molecule has 0 saturated carbocycles. The maximum atomic E-state index is 12.4. The van der Waals surface area contributed by atoms with E-state index in [0.717, 1.165) is 9.37 Å². The zero-order valence-corrected chi connectivity index (χ0v) is 17.0. The molecule has 26 heavy (non-hydrogen) atoms. The first-order chi connectivity index (χ1) is 12.4. The molecular formula is C19H22BrNO4S. The van der Waals surface area contributed by atoms with E-state index in [2.05, 4.69) is 21.2 Å². The molecule has 2 atom stereocenters. The number of rotatable bonds is 7. The van der Waals surface area contributed by atoms with Crippen molar-refractivity contribution in [2.45, 2.75) is 24.3 Å². The molecule has 0 aliphatic rings. The van der Waals surface area contributed by atoms with E-state index < -0.39 is 12.2 Å². The summed E-state index contributed by atoms with van der Waals surface area (Å²) in [4.78, 5) is 13.5. The van der Waals surface area contributed by atoms with E-state index >= 15 is 0 Å². The zero-order chi connectivity index (χ0) is 19.1. The largest absolute Gasteiger partial charge is 0.508 e. The Morgan fingerprint density at radius 3 is 2.58 bits per heavy atom. The summed E-state index contributed by atoms with van der Waals surface area (Å²) in [5.74, 6) is -0.134. The number of benzene rings is 2. The van der Waals surface area contributed by atoms with Gasteiger partial charge < -0.3 is 14.9 Å². The average Bonchev–Trinajstić information content (AvgIpc) is 2.62. The number of halogens is 1. The van der Waals surface area contributed by atoms with Crippen LogP contribution in [0.25, 0.3) is 0 Å². The number of anilines is 1. The molecule has 0 bridgehead atoms. The number of phenolic OH excluding ortho intramolecular Hbond substituents is 1. The van der Waals surface area contributed by atoms with Crippen molar-refractivity contribution >= 4 is 39.5 Å². The smallest absolute Gasteiger partial charge is 0.412 e. The van der Waals surface area contributed by atoms with Gasteiger partial charge in [0.2, 0.25) is 0 Å². The maximum absolute atomic E-state index is 12.4. The summed E-state index contributed by atoms with van der Waals surface area (Å²) in [6.07, 6.45) is 1.11. The van der Waals surface area contributed by atoms with Gasteiger partial charge in [-0.3, -0.25) is 5.32 Å². The third-order valence-electron chi connectivity index (χ3n) is 3.97. The van der Waals surface area contributed by atoms with Gasteiger partial charge in [0, 0.05) is 27.2 Å². The molecule has 5 nitrogen and oxygen atoms in total. The Bertz CT molecular complexity index is 739. The molecule has 0 saturated heterocycles. The molecular weight excluding hydrogens is 418 g/mol. The highest BCUT2D eigenvalue weighted by Gasteiger charge is 2.26. The molecule has 0 aliphatic carbocycles. The molecule has 2 aromatic rings. The summed E-state index contributed by atoms with van der Waals surface area (Å²) in [6, 6.07) is 12.4. The van der Waals surface area contributed by atoms with Gasteiger partial charge in [0.15, 0.2) is 0 Å². The number of amides is 1. The number of aliphatic hydroxyl groups is 1. The average molecular weight is 440 g/mol. The summed E-state index contributed by atoms with van der Waals surface area (Å²) < 4.78 is 6.37. The van der Waals surface area contributed by atoms with Gasteiger partial charge in [-0.15, -0.1) is 11.8 Å². The third-order valence-corrected chi connectivity index (χ3v) is 5.20. The quantitative estimate of drug-likeness (QED) is 0.517. The topological polar surface area (TPSA) is 78.8 Å². The van der Waals surface area contributed by atoms with Crippen LogP contribution in [-0.4, -0.2) is 29.2 Å². The van der Waals surface area contributed by atoms with Crippen LogP contribution in [0.2, 0.25) is 0 Å². The van der Waals surface area contributed by atoms with Crippen LogP contribution in [0.1, 0.15) is 25.0 Å². The number of ether oxygens (including phenoxy) is 1. The fourth-order valence-electron chi connectivity index (χ4n) is 2.53. The van der Waals surface area contributed by atoms with Crippen molar-refractivity contribution in [1.29, 1.82) is 0 Å². The van der Waals surface area contributed by atoms with Crippen LogP contribution >= 0.6 is 27.7 Å². The highest BCUT2D eigenvalue weighted by molar-refractivity contribution is 9.10. The molecule has 0 fully saturated rings. The number of thioether (sulfide) groups is 1. The fourth-order valence-corrected chi connectivity index (χ4v) is 3.32. The van der Waals surface area contributed by atoms with Gasteiger partial charge in [-0.2, -0.15) is 0 Å². The van der Waals surface area contributed by atoms with Gasteiger partial charge in [0.1, 0.15) is 11.9 Å². The number of nitrogens with one attached hydrogen (secondary N) is 1. The molecule has 3 N–H and O–H groups in total. The van der Waals surface area contributed by atoms with E-state index in [1.165, 1.54) is 0 Å². The summed E-state index contributed by atoms with van der Waals surface area (Å²) in [5, 5.41) is 22.1. The van der Waals surface area contributed by atoms with Gasteiger partial charge in [-0.05, 0) is 61.1 Å². The number of hydrogen-bond donors (Lipinski definition) is 3. The van der Waals surface area contributed by atoms with Crippen LogP contribution in [-0.2, 0) is 4.74 Å². The maximum Gasteiger partial charge on any atom is 0.412 e. The second-order valence-corrected chi connectivity index (χ2v) is 7.67. The lowest BCUT2D eigenvalue weighted by Gasteiger charge is -2.25. The summed E-state index contributed by atoms with van der Waals surface area (Å²) >= 11 is 4.98. The van der Waals surface area contributed by atoms with Gasteiger partial charge in [0.25, 0.3) is 0 Å². The van der Waals surface area contributed by atoms with Crippen LogP contribution in [0, 0.1) is 5.92 Å². The number of aromatic hydroxyl groups is 1. The van der Waals surface area contributed by atoms with Crippen molar-refractivity contribution in [2.24, 2.45) is 5.92 Å². The molecule has 7 heteroatoms. The van der Waals surface area contributed by atoms with Crippen molar-refractivity contribution in [3.63, 3.8) is 0 Å². The first-order valence-electron chi connectivity index (χ1n) is 8.15. The number of hydrogen-bond acceptors (Lipinski definition) is 5. The highest BCUT2D eigenvalue weighted by Crippen LogP contribution is 2.36. The minimum absolute atomic E-state index is 0.0342. The van der Waals surface area contributed by atoms with Gasteiger partial charge in [-0.1, -0.05) is 22.9 Å². The van der Waals surface area contributed by atoms with E-state index in [9.17, 15) is 15.0 Å². The number of aliphatic hydroxyl groups excluding tert-OH is 1. The molecule has 0 unspecified atom stereocenters. The Morgan fingerprint density at radius 1 is 1.27 bits per heavy atom. The van der Waals surface area contributed by atoms with E-state index in [1.807, 2.05) is 25.3 Å². The van der Waals surface area contributed by atoms with Gasteiger partial charge in [0.05, 0.1) is 0 Å². The van der Waals surface area contributed by atoms with Crippen LogP contribution in [0.5, 0.6) is 5.75 Å². The van der Waals surface area contributed by atoms with E-state index in [4.69, 9.17) is 4.74 Å².